The van der Waals surface area contributed by atoms with E-state index in [9.17, 15) is 9.90 Å². The predicted molar refractivity (Wildman–Crippen MR) is 83.7 cm³/mol. The van der Waals surface area contributed by atoms with Crippen LogP contribution >= 0.6 is 0 Å². The summed E-state index contributed by atoms with van der Waals surface area (Å²) < 4.78 is 4.60. The average Bonchev–Trinajstić information content (AvgIpc) is 2.45. The zero-order valence-corrected chi connectivity index (χ0v) is 13.5. The zero-order chi connectivity index (χ0) is 15.1. The Hall–Kier alpha value is -0.570. The Bertz CT molecular complexity index is 216. The fraction of sp³-hybridized carbons (Fsp3) is 0.941. The summed E-state index contributed by atoms with van der Waals surface area (Å²) in [6, 6.07) is 0. The Morgan fingerprint density at radius 1 is 0.900 bits per heavy atom. The van der Waals surface area contributed by atoms with Crippen molar-refractivity contribution in [3.8, 4) is 0 Å². The molecule has 0 radical (unpaired) electrons. The number of hydrogen-bond acceptors (Lipinski definition) is 3. The predicted octanol–water partition coefficient (Wildman–Crippen LogP) is 4.61. The third-order valence-electron chi connectivity index (χ3n) is 3.79. The lowest BCUT2D eigenvalue weighted by Crippen LogP contribution is -2.05. The molecule has 1 N–H and O–H groups in total. The van der Waals surface area contributed by atoms with Crippen LogP contribution in [0.5, 0.6) is 0 Å². The number of methoxy groups -OCH3 is 1. The molecule has 0 aliphatic heterocycles. The monoisotopic (exact) mass is 286 g/mol. The van der Waals surface area contributed by atoms with E-state index >= 15 is 0 Å². The van der Waals surface area contributed by atoms with Crippen molar-refractivity contribution in [2.75, 3.05) is 7.11 Å². The minimum Gasteiger partial charge on any atom is -0.469 e. The van der Waals surface area contributed by atoms with Gasteiger partial charge in [0.05, 0.1) is 13.2 Å². The number of ether oxygens (including phenoxy) is 1. The molecule has 0 fully saturated rings. The molecule has 0 aliphatic rings. The summed E-state index contributed by atoms with van der Waals surface area (Å²) in [5.41, 5.74) is 0. The average molecular weight is 286 g/mol. The van der Waals surface area contributed by atoms with Gasteiger partial charge in [0, 0.05) is 6.42 Å². The highest BCUT2D eigenvalue weighted by Gasteiger charge is 2.03. The van der Waals surface area contributed by atoms with Crippen LogP contribution in [-0.4, -0.2) is 24.3 Å². The van der Waals surface area contributed by atoms with Gasteiger partial charge in [-0.3, -0.25) is 4.79 Å². The van der Waals surface area contributed by atoms with Crippen molar-refractivity contribution >= 4 is 5.97 Å². The van der Waals surface area contributed by atoms with Crippen LogP contribution in [0.4, 0.5) is 0 Å². The number of carbonyl (C=O) groups is 1. The van der Waals surface area contributed by atoms with E-state index in [1.165, 1.54) is 45.6 Å². The molecule has 0 saturated heterocycles. The Balaban J connectivity index is 3.14. The van der Waals surface area contributed by atoms with Gasteiger partial charge < -0.3 is 9.84 Å². The molecular weight excluding hydrogens is 252 g/mol. The topological polar surface area (TPSA) is 46.5 Å². The highest BCUT2D eigenvalue weighted by molar-refractivity contribution is 5.68. The number of rotatable bonds is 14. The van der Waals surface area contributed by atoms with Crippen LogP contribution in [0.3, 0.4) is 0 Å². The van der Waals surface area contributed by atoms with Gasteiger partial charge in [-0.2, -0.15) is 0 Å². The van der Waals surface area contributed by atoms with Crippen LogP contribution in [-0.2, 0) is 9.53 Å². The highest BCUT2D eigenvalue weighted by atomic mass is 16.5. The SMILES string of the molecule is CCCCC[C@H](O)CCCCCCCCCC(=O)OC. The lowest BCUT2D eigenvalue weighted by molar-refractivity contribution is -0.140. The minimum atomic E-state index is -0.0953. The minimum absolute atomic E-state index is 0.0818. The standard InChI is InChI=1S/C17H34O3/c1-3-4-10-13-16(18)14-11-8-6-5-7-9-12-15-17(19)20-2/h16,18H,3-15H2,1-2H3/t16-/m0/s1. The van der Waals surface area contributed by atoms with Crippen LogP contribution < -0.4 is 0 Å². The smallest absolute Gasteiger partial charge is 0.305 e. The Morgan fingerprint density at radius 2 is 1.40 bits per heavy atom. The highest BCUT2D eigenvalue weighted by Crippen LogP contribution is 2.13. The Kier molecular flexibility index (Phi) is 14.4. The van der Waals surface area contributed by atoms with Gasteiger partial charge in [-0.1, -0.05) is 64.7 Å². The molecule has 1 atom stereocenters. The number of carbonyl (C=O) groups excluding carboxylic acids is 1. The maximum Gasteiger partial charge on any atom is 0.305 e. The maximum atomic E-state index is 10.9. The van der Waals surface area contributed by atoms with Gasteiger partial charge in [0.2, 0.25) is 0 Å². The van der Waals surface area contributed by atoms with Crippen LogP contribution in [0.2, 0.25) is 0 Å². The van der Waals surface area contributed by atoms with Gasteiger partial charge in [0.25, 0.3) is 0 Å². The van der Waals surface area contributed by atoms with Crippen LogP contribution in [0.15, 0.2) is 0 Å². The quantitative estimate of drug-likeness (QED) is 0.374. The fourth-order valence-corrected chi connectivity index (χ4v) is 2.41. The molecule has 3 nitrogen and oxygen atoms in total. The first kappa shape index (κ1) is 19.4. The molecule has 3 heteroatoms. The lowest BCUT2D eigenvalue weighted by Gasteiger charge is -2.09. The van der Waals surface area contributed by atoms with Crippen LogP contribution in [0.1, 0.15) is 90.4 Å². The Morgan fingerprint density at radius 3 is 1.95 bits per heavy atom. The summed E-state index contributed by atoms with van der Waals surface area (Å²) in [5, 5.41) is 9.78. The van der Waals surface area contributed by atoms with Crippen molar-refractivity contribution in [2.24, 2.45) is 0 Å². The van der Waals surface area contributed by atoms with Crippen LogP contribution in [0, 0.1) is 0 Å². The molecule has 0 aromatic carbocycles. The molecule has 0 amide bonds. The molecular formula is C17H34O3. The summed E-state index contributed by atoms with van der Waals surface area (Å²) in [7, 11) is 1.44. The van der Waals surface area contributed by atoms with Crippen molar-refractivity contribution in [1.82, 2.24) is 0 Å². The molecule has 0 rings (SSSR count). The van der Waals surface area contributed by atoms with Crippen LogP contribution in [0.25, 0.3) is 0 Å². The van der Waals surface area contributed by atoms with E-state index in [2.05, 4.69) is 11.7 Å². The van der Waals surface area contributed by atoms with E-state index in [4.69, 9.17) is 0 Å². The van der Waals surface area contributed by atoms with E-state index in [0.717, 1.165) is 38.5 Å². The summed E-state index contributed by atoms with van der Waals surface area (Å²) >= 11 is 0. The van der Waals surface area contributed by atoms with Crippen molar-refractivity contribution < 1.29 is 14.6 Å². The van der Waals surface area contributed by atoms with Gasteiger partial charge >= 0.3 is 5.97 Å². The number of aliphatic hydroxyl groups excluding tert-OH is 1. The molecule has 20 heavy (non-hydrogen) atoms. The molecule has 0 bridgehead atoms. The molecule has 0 aromatic heterocycles. The first-order valence-corrected chi connectivity index (χ1v) is 8.45. The second kappa shape index (κ2) is 14.8. The zero-order valence-electron chi connectivity index (χ0n) is 13.5. The van der Waals surface area contributed by atoms with Crippen molar-refractivity contribution in [3.05, 3.63) is 0 Å². The van der Waals surface area contributed by atoms with E-state index in [-0.39, 0.29) is 12.1 Å². The second-order valence-electron chi connectivity index (χ2n) is 5.74. The maximum absolute atomic E-state index is 10.9. The number of unbranched alkanes of at least 4 members (excludes halogenated alkanes) is 8. The van der Waals surface area contributed by atoms with Gasteiger partial charge in [-0.25, -0.2) is 0 Å². The molecule has 0 unspecified atom stereocenters. The summed E-state index contributed by atoms with van der Waals surface area (Å²) in [6.45, 7) is 2.19. The van der Waals surface area contributed by atoms with Gasteiger partial charge in [-0.05, 0) is 19.3 Å². The largest absolute Gasteiger partial charge is 0.469 e. The lowest BCUT2D eigenvalue weighted by atomic mass is 10.0. The van der Waals surface area contributed by atoms with E-state index in [1.54, 1.807) is 0 Å². The third kappa shape index (κ3) is 13.9. The first-order valence-electron chi connectivity index (χ1n) is 8.45. The summed E-state index contributed by atoms with van der Waals surface area (Å²) in [6.07, 6.45) is 14.2. The molecule has 0 aromatic rings. The molecule has 0 heterocycles. The van der Waals surface area contributed by atoms with E-state index < -0.39 is 0 Å². The van der Waals surface area contributed by atoms with E-state index in [1.807, 2.05) is 0 Å². The second-order valence-corrected chi connectivity index (χ2v) is 5.74. The molecule has 0 aliphatic carbocycles. The van der Waals surface area contributed by atoms with Gasteiger partial charge in [0.1, 0.15) is 0 Å². The Labute approximate surface area is 125 Å². The van der Waals surface area contributed by atoms with Crippen molar-refractivity contribution in [2.45, 2.75) is 96.5 Å². The third-order valence-corrected chi connectivity index (χ3v) is 3.79. The number of hydrogen-bond donors (Lipinski definition) is 1. The van der Waals surface area contributed by atoms with Gasteiger partial charge in [0.15, 0.2) is 0 Å². The molecule has 0 saturated carbocycles. The fourth-order valence-electron chi connectivity index (χ4n) is 2.41. The molecule has 0 spiro atoms. The van der Waals surface area contributed by atoms with Gasteiger partial charge in [-0.15, -0.1) is 0 Å². The van der Waals surface area contributed by atoms with E-state index in [0.29, 0.717) is 6.42 Å². The van der Waals surface area contributed by atoms with Crippen molar-refractivity contribution in [1.29, 1.82) is 0 Å². The molecule has 120 valence electrons. The van der Waals surface area contributed by atoms with Crippen molar-refractivity contribution in [3.63, 3.8) is 0 Å². The number of esters is 1. The number of aliphatic hydroxyl groups is 1. The summed E-state index contributed by atoms with van der Waals surface area (Å²) in [4.78, 5) is 10.9. The normalized spacial score (nSPS) is 12.3. The first-order chi connectivity index (χ1) is 9.70. The summed E-state index contributed by atoms with van der Waals surface area (Å²) in [5.74, 6) is -0.0953.